The van der Waals surface area contributed by atoms with Crippen molar-refractivity contribution in [1.29, 1.82) is 0 Å². The Bertz CT molecular complexity index is 1600. The molecule has 2 aromatic carbocycles. The number of ether oxygens (including phenoxy) is 1. The van der Waals surface area contributed by atoms with Gasteiger partial charge in [-0.15, -0.1) is 0 Å². The van der Waals surface area contributed by atoms with Crippen molar-refractivity contribution < 1.29 is 107 Å². The summed E-state index contributed by atoms with van der Waals surface area (Å²) in [5.74, 6) is -1.45. The van der Waals surface area contributed by atoms with Crippen molar-refractivity contribution in [3.05, 3.63) is 42.0 Å². The van der Waals surface area contributed by atoms with E-state index in [4.69, 9.17) is 4.74 Å². The Hall–Kier alpha value is -1.29. The molecule has 0 aliphatic carbocycles. The van der Waals surface area contributed by atoms with E-state index in [0.717, 1.165) is 23.2 Å². The smallest absolute Gasteiger partial charge is 0.744 e. The molecule has 0 saturated carbocycles. The fraction of sp³-hybridized carbons (Fsp3) is 0.263. The van der Waals surface area contributed by atoms with Gasteiger partial charge in [0.05, 0.1) is 41.2 Å². The van der Waals surface area contributed by atoms with Gasteiger partial charge < -0.3 is 13.8 Å². The van der Waals surface area contributed by atoms with Crippen molar-refractivity contribution in [3.8, 4) is 5.75 Å². The number of carbonyl (C=O) groups is 1. The van der Waals surface area contributed by atoms with Crippen LogP contribution in [0.4, 0.5) is 11.4 Å². The third kappa shape index (κ3) is 9.37. The number of nitrogens with zero attached hydrogens (tertiary/aromatic N) is 4. The van der Waals surface area contributed by atoms with Gasteiger partial charge in [-0.25, -0.2) is 25.3 Å². The van der Waals surface area contributed by atoms with E-state index in [1.54, 1.807) is 0 Å². The predicted octanol–water partition coefficient (Wildman–Crippen LogP) is -5.35. The molecule has 1 unspecified atom stereocenters. The van der Waals surface area contributed by atoms with Gasteiger partial charge in [0.25, 0.3) is 5.91 Å². The zero-order valence-corrected chi connectivity index (χ0v) is 27.5. The SMILES string of the molecule is COc1cc(S(=O)(=O)CCOS(=O)(=O)[O-])c(C)cc1N=NC1C=NN(c2ccc(S(=O)(=O)[O-])cc2)C1=O.[Na+].[Na+]. The van der Waals surface area contributed by atoms with Gasteiger partial charge in [-0.05, 0) is 42.8 Å². The summed E-state index contributed by atoms with van der Waals surface area (Å²) in [6.45, 7) is 0.568. The molecule has 15 nitrogen and oxygen atoms in total. The molecule has 0 saturated heterocycles. The summed E-state index contributed by atoms with van der Waals surface area (Å²) in [6.07, 6.45) is 1.17. The number of sulfone groups is 1. The second-order valence-corrected chi connectivity index (χ2v) is 11.9. The zero-order valence-electron chi connectivity index (χ0n) is 21.0. The van der Waals surface area contributed by atoms with E-state index < -0.39 is 59.6 Å². The van der Waals surface area contributed by atoms with Crippen LogP contribution in [-0.2, 0) is 39.3 Å². The quantitative estimate of drug-likeness (QED) is 0.105. The molecule has 0 aromatic heterocycles. The summed E-state index contributed by atoms with van der Waals surface area (Å²) < 4.78 is 99.1. The monoisotopic (exact) mass is 620 g/mol. The number of amides is 1. The molecule has 1 heterocycles. The summed E-state index contributed by atoms with van der Waals surface area (Å²) in [4.78, 5) is 12.0. The van der Waals surface area contributed by atoms with Gasteiger partial charge in [-0.2, -0.15) is 20.3 Å². The summed E-state index contributed by atoms with van der Waals surface area (Å²) in [5.41, 5.74) is 0.450. The minimum atomic E-state index is -5.05. The van der Waals surface area contributed by atoms with E-state index in [1.807, 2.05) is 0 Å². The summed E-state index contributed by atoms with van der Waals surface area (Å²) in [7, 11) is -12.5. The minimum Gasteiger partial charge on any atom is -0.744 e. The number of hydrazone groups is 1. The molecular formula is C19H18N4Na2O11S3. The number of benzene rings is 2. The first-order valence-electron chi connectivity index (χ1n) is 9.99. The Morgan fingerprint density at radius 2 is 1.64 bits per heavy atom. The Morgan fingerprint density at radius 1 is 1.03 bits per heavy atom. The first-order valence-corrected chi connectivity index (χ1v) is 14.4. The van der Waals surface area contributed by atoms with Crippen LogP contribution in [0, 0.1) is 6.92 Å². The van der Waals surface area contributed by atoms with Crippen LogP contribution < -0.4 is 68.9 Å². The number of azo groups is 1. The van der Waals surface area contributed by atoms with Crippen LogP contribution in [0.25, 0.3) is 0 Å². The van der Waals surface area contributed by atoms with Crippen LogP contribution in [0.3, 0.4) is 0 Å². The molecule has 1 aliphatic rings. The molecular weight excluding hydrogens is 602 g/mol. The molecule has 39 heavy (non-hydrogen) atoms. The minimum absolute atomic E-state index is 0. The molecule has 20 heteroatoms. The third-order valence-corrected chi connectivity index (χ3v) is 7.96. The summed E-state index contributed by atoms with van der Waals surface area (Å²) >= 11 is 0. The summed E-state index contributed by atoms with van der Waals surface area (Å²) in [5, 5.41) is 12.7. The van der Waals surface area contributed by atoms with E-state index in [-0.39, 0.29) is 86.7 Å². The van der Waals surface area contributed by atoms with Crippen molar-refractivity contribution in [2.75, 3.05) is 24.5 Å². The molecule has 1 aliphatic heterocycles. The number of rotatable bonds is 10. The number of hydrogen-bond acceptors (Lipinski definition) is 14. The van der Waals surface area contributed by atoms with Crippen molar-refractivity contribution in [1.82, 2.24) is 0 Å². The van der Waals surface area contributed by atoms with Crippen molar-refractivity contribution in [2.24, 2.45) is 15.3 Å². The van der Waals surface area contributed by atoms with Gasteiger partial charge in [-0.3, -0.25) is 8.98 Å². The largest absolute Gasteiger partial charge is 1.00 e. The van der Waals surface area contributed by atoms with Crippen LogP contribution >= 0.6 is 0 Å². The maximum atomic E-state index is 12.7. The Balaban J connectivity index is 0.00000380. The Morgan fingerprint density at radius 3 is 2.18 bits per heavy atom. The Kier molecular flexibility index (Phi) is 12.9. The Labute approximate surface area is 268 Å². The van der Waals surface area contributed by atoms with Crippen LogP contribution in [0.2, 0.25) is 0 Å². The average molecular weight is 621 g/mol. The number of aryl methyl sites for hydroxylation is 1. The fourth-order valence-corrected chi connectivity index (χ4v) is 5.34. The van der Waals surface area contributed by atoms with E-state index in [1.165, 1.54) is 38.4 Å². The van der Waals surface area contributed by atoms with Crippen LogP contribution in [0.1, 0.15) is 5.56 Å². The van der Waals surface area contributed by atoms with Crippen molar-refractivity contribution in [2.45, 2.75) is 22.8 Å². The van der Waals surface area contributed by atoms with E-state index >= 15 is 0 Å². The fourth-order valence-electron chi connectivity index (χ4n) is 3.11. The van der Waals surface area contributed by atoms with Crippen molar-refractivity contribution in [3.63, 3.8) is 0 Å². The first-order chi connectivity index (χ1) is 17.1. The van der Waals surface area contributed by atoms with Gasteiger partial charge in [-0.1, -0.05) is 0 Å². The average Bonchev–Trinajstić information content (AvgIpc) is 3.16. The van der Waals surface area contributed by atoms with E-state index in [0.29, 0.717) is 0 Å². The molecule has 0 bridgehead atoms. The van der Waals surface area contributed by atoms with Gasteiger partial charge in [0, 0.05) is 6.07 Å². The molecule has 200 valence electrons. The number of hydrogen-bond donors (Lipinski definition) is 0. The summed E-state index contributed by atoms with van der Waals surface area (Å²) in [6, 6.07) is 5.80. The number of anilines is 1. The predicted molar refractivity (Wildman–Crippen MR) is 124 cm³/mol. The standard InChI is InChI=1S/C19H20N4O11S3.2Na/c1-12-9-15(17(33-2)10-18(12)35(25,26)8-7-34-37(30,31)32)21-22-16-11-20-23(19(16)24)13-3-5-14(6-4-13)36(27,28)29;;/h3-6,9-11,16H,7-8H2,1-2H3,(H,27,28,29)(H,30,31,32);;/q;2*+1/p-2. The van der Waals surface area contributed by atoms with Gasteiger partial charge in [0.1, 0.15) is 21.6 Å². The van der Waals surface area contributed by atoms with Crippen LogP contribution in [0.5, 0.6) is 5.75 Å². The normalized spacial score (nSPS) is 15.7. The van der Waals surface area contributed by atoms with Crippen molar-refractivity contribution >= 4 is 53.9 Å². The maximum absolute atomic E-state index is 12.7. The number of carbonyl (C=O) groups excluding carboxylic acids is 1. The van der Waals surface area contributed by atoms with Crippen LogP contribution in [-0.4, -0.2) is 72.0 Å². The molecule has 0 fully saturated rings. The van der Waals surface area contributed by atoms with Crippen LogP contribution in [0.15, 0.2) is 61.5 Å². The molecule has 1 atom stereocenters. The first kappa shape index (κ1) is 35.7. The molecule has 1 amide bonds. The van der Waals surface area contributed by atoms with Gasteiger partial charge >= 0.3 is 59.1 Å². The third-order valence-electron chi connectivity index (χ3n) is 4.84. The molecule has 2 aromatic rings. The molecule has 3 rings (SSSR count). The van der Waals surface area contributed by atoms with Gasteiger partial charge in [0.15, 0.2) is 15.9 Å². The van der Waals surface area contributed by atoms with E-state index in [2.05, 4.69) is 19.5 Å². The topological polar surface area (TPSA) is 224 Å². The molecule has 0 N–H and O–H groups in total. The number of methoxy groups -OCH3 is 1. The maximum Gasteiger partial charge on any atom is 1.00 e. The molecule has 0 radical (unpaired) electrons. The second-order valence-electron chi connectivity index (χ2n) is 7.36. The van der Waals surface area contributed by atoms with E-state index in [9.17, 15) is 39.2 Å². The second kappa shape index (κ2) is 14.1. The zero-order chi connectivity index (χ0) is 27.6. The molecule has 0 spiro atoms. The van der Waals surface area contributed by atoms with Gasteiger partial charge in [0.2, 0.25) is 10.4 Å².